The molecule has 0 heterocycles. The van der Waals surface area contributed by atoms with E-state index in [1.807, 2.05) is 13.0 Å². The van der Waals surface area contributed by atoms with E-state index in [1.165, 1.54) is 0 Å². The fourth-order valence-corrected chi connectivity index (χ4v) is 1.53. The number of carboxylic acid groups (broad SMARTS) is 1. The number of rotatable bonds is 2. The van der Waals surface area contributed by atoms with Gasteiger partial charge >= 0.3 is 5.97 Å². The van der Waals surface area contributed by atoms with Crippen LogP contribution in [0.15, 0.2) is 12.1 Å². The lowest BCUT2D eigenvalue weighted by molar-refractivity contribution is -0.146. The van der Waals surface area contributed by atoms with Crippen LogP contribution in [-0.4, -0.2) is 16.2 Å². The summed E-state index contributed by atoms with van der Waals surface area (Å²) in [6, 6.07) is 3.41. The van der Waals surface area contributed by atoms with Crippen molar-refractivity contribution in [2.75, 3.05) is 0 Å². The maximum atomic E-state index is 10.6. The molecule has 3 nitrogen and oxygen atoms in total. The van der Waals surface area contributed by atoms with Crippen LogP contribution in [-0.2, 0) is 4.79 Å². The average molecular weight is 215 g/mol. The first-order valence-corrected chi connectivity index (χ1v) is 4.48. The van der Waals surface area contributed by atoms with Crippen molar-refractivity contribution < 1.29 is 15.0 Å². The highest BCUT2D eigenvalue weighted by atomic mass is 35.5. The number of carbonyl (C=O) groups is 1. The lowest BCUT2D eigenvalue weighted by Gasteiger charge is -2.11. The lowest BCUT2D eigenvalue weighted by atomic mass is 10.0. The molecule has 0 aliphatic heterocycles. The van der Waals surface area contributed by atoms with Gasteiger partial charge < -0.3 is 10.2 Å². The summed E-state index contributed by atoms with van der Waals surface area (Å²) in [7, 11) is 0. The standard InChI is InChI=1S/C10H11ClO3/c1-5-3-6(2)8(11)7(4-5)9(12)10(13)14/h3-4,9,12H,1-2H3,(H,13,14). The predicted molar refractivity (Wildman–Crippen MR) is 53.5 cm³/mol. The normalized spacial score (nSPS) is 12.6. The molecule has 0 saturated carbocycles. The van der Waals surface area contributed by atoms with E-state index in [2.05, 4.69) is 0 Å². The van der Waals surface area contributed by atoms with Gasteiger partial charge in [0.1, 0.15) is 0 Å². The third-order valence-electron chi connectivity index (χ3n) is 1.96. The molecule has 0 aliphatic rings. The Morgan fingerprint density at radius 3 is 2.50 bits per heavy atom. The summed E-state index contributed by atoms with van der Waals surface area (Å²) in [5.41, 5.74) is 1.89. The predicted octanol–water partition coefficient (Wildman–Crippen LogP) is 2.07. The zero-order valence-corrected chi connectivity index (χ0v) is 8.67. The van der Waals surface area contributed by atoms with Crippen LogP contribution in [0.2, 0.25) is 5.02 Å². The van der Waals surface area contributed by atoms with Crippen LogP contribution >= 0.6 is 11.6 Å². The summed E-state index contributed by atoms with van der Waals surface area (Å²) in [5, 5.41) is 18.3. The Hall–Kier alpha value is -1.06. The summed E-state index contributed by atoms with van der Waals surface area (Å²) in [5.74, 6) is -1.29. The molecule has 0 spiro atoms. The van der Waals surface area contributed by atoms with Gasteiger partial charge in [-0.05, 0) is 19.4 Å². The quantitative estimate of drug-likeness (QED) is 0.793. The maximum absolute atomic E-state index is 10.6. The van der Waals surface area contributed by atoms with E-state index >= 15 is 0 Å². The average Bonchev–Trinajstić information content (AvgIpc) is 2.09. The van der Waals surface area contributed by atoms with Crippen LogP contribution in [0.1, 0.15) is 22.8 Å². The number of aliphatic carboxylic acids is 1. The molecular formula is C10H11ClO3. The smallest absolute Gasteiger partial charge is 0.337 e. The monoisotopic (exact) mass is 214 g/mol. The Balaban J connectivity index is 3.26. The van der Waals surface area contributed by atoms with Crippen LogP contribution in [0.5, 0.6) is 0 Å². The first-order chi connectivity index (χ1) is 6.43. The topological polar surface area (TPSA) is 57.5 Å². The minimum atomic E-state index is -1.55. The van der Waals surface area contributed by atoms with Gasteiger partial charge in [0.2, 0.25) is 0 Å². The maximum Gasteiger partial charge on any atom is 0.337 e. The van der Waals surface area contributed by atoms with E-state index < -0.39 is 12.1 Å². The van der Waals surface area contributed by atoms with Gasteiger partial charge in [-0.2, -0.15) is 0 Å². The van der Waals surface area contributed by atoms with Crippen molar-refractivity contribution in [3.8, 4) is 0 Å². The van der Waals surface area contributed by atoms with E-state index in [0.29, 0.717) is 5.02 Å². The highest BCUT2D eigenvalue weighted by Crippen LogP contribution is 2.27. The van der Waals surface area contributed by atoms with E-state index in [1.54, 1.807) is 13.0 Å². The van der Waals surface area contributed by atoms with Gasteiger partial charge in [-0.3, -0.25) is 0 Å². The number of halogens is 1. The zero-order valence-electron chi connectivity index (χ0n) is 7.91. The van der Waals surface area contributed by atoms with Crippen molar-refractivity contribution in [3.05, 3.63) is 33.8 Å². The number of hydrogen-bond donors (Lipinski definition) is 2. The van der Waals surface area contributed by atoms with Gasteiger partial charge in [-0.15, -0.1) is 0 Å². The summed E-state index contributed by atoms with van der Waals surface area (Å²) in [6.45, 7) is 3.59. The van der Waals surface area contributed by atoms with E-state index in [4.69, 9.17) is 16.7 Å². The molecule has 76 valence electrons. The van der Waals surface area contributed by atoms with Crippen molar-refractivity contribution in [2.45, 2.75) is 20.0 Å². The third kappa shape index (κ3) is 2.05. The number of carboxylic acids is 1. The van der Waals surface area contributed by atoms with E-state index in [9.17, 15) is 9.90 Å². The second-order valence-corrected chi connectivity index (χ2v) is 3.60. The molecule has 14 heavy (non-hydrogen) atoms. The number of aliphatic hydroxyl groups excluding tert-OH is 1. The largest absolute Gasteiger partial charge is 0.479 e. The Morgan fingerprint density at radius 1 is 1.43 bits per heavy atom. The first kappa shape index (κ1) is 11.0. The summed E-state index contributed by atoms with van der Waals surface area (Å²) in [6.07, 6.45) is -1.55. The van der Waals surface area contributed by atoms with Crippen molar-refractivity contribution >= 4 is 17.6 Å². The van der Waals surface area contributed by atoms with Gasteiger partial charge in [0.25, 0.3) is 0 Å². The number of hydrogen-bond acceptors (Lipinski definition) is 2. The second-order valence-electron chi connectivity index (χ2n) is 3.23. The Labute approximate surface area is 86.9 Å². The van der Waals surface area contributed by atoms with Gasteiger partial charge in [0, 0.05) is 10.6 Å². The summed E-state index contributed by atoms with van der Waals surface area (Å²) >= 11 is 5.88. The van der Waals surface area contributed by atoms with Crippen molar-refractivity contribution in [3.63, 3.8) is 0 Å². The second kappa shape index (κ2) is 3.98. The molecule has 0 saturated heterocycles. The van der Waals surface area contributed by atoms with E-state index in [-0.39, 0.29) is 5.56 Å². The molecule has 1 aromatic rings. The third-order valence-corrected chi connectivity index (χ3v) is 2.47. The van der Waals surface area contributed by atoms with Crippen LogP contribution in [0.3, 0.4) is 0 Å². The van der Waals surface area contributed by atoms with E-state index in [0.717, 1.165) is 11.1 Å². The molecule has 1 aromatic carbocycles. The SMILES string of the molecule is Cc1cc(C)c(Cl)c(C(O)C(=O)O)c1. The fourth-order valence-electron chi connectivity index (χ4n) is 1.31. The van der Waals surface area contributed by atoms with Crippen molar-refractivity contribution in [2.24, 2.45) is 0 Å². The molecular weight excluding hydrogens is 204 g/mol. The first-order valence-electron chi connectivity index (χ1n) is 4.11. The highest BCUT2D eigenvalue weighted by Gasteiger charge is 2.20. The molecule has 4 heteroatoms. The molecule has 0 amide bonds. The molecule has 2 N–H and O–H groups in total. The summed E-state index contributed by atoms with van der Waals surface area (Å²) in [4.78, 5) is 10.6. The van der Waals surface area contributed by atoms with Crippen LogP contribution in [0, 0.1) is 13.8 Å². The molecule has 0 aliphatic carbocycles. The van der Waals surface area contributed by atoms with Crippen LogP contribution < -0.4 is 0 Å². The molecule has 0 bridgehead atoms. The number of aryl methyl sites for hydroxylation is 2. The van der Waals surface area contributed by atoms with Gasteiger partial charge in [-0.25, -0.2) is 4.79 Å². The zero-order chi connectivity index (χ0) is 10.9. The molecule has 1 rings (SSSR count). The Morgan fingerprint density at radius 2 is 2.00 bits per heavy atom. The Kier molecular flexibility index (Phi) is 3.13. The van der Waals surface area contributed by atoms with Gasteiger partial charge in [0.05, 0.1) is 0 Å². The number of aliphatic hydroxyl groups is 1. The molecule has 0 aromatic heterocycles. The fraction of sp³-hybridized carbons (Fsp3) is 0.300. The molecule has 0 radical (unpaired) electrons. The molecule has 1 atom stereocenters. The number of benzene rings is 1. The van der Waals surface area contributed by atoms with Crippen molar-refractivity contribution in [1.29, 1.82) is 0 Å². The van der Waals surface area contributed by atoms with Crippen LogP contribution in [0.4, 0.5) is 0 Å². The highest BCUT2D eigenvalue weighted by molar-refractivity contribution is 6.32. The van der Waals surface area contributed by atoms with Crippen LogP contribution in [0.25, 0.3) is 0 Å². The Bertz CT molecular complexity index is 374. The minimum absolute atomic E-state index is 0.247. The van der Waals surface area contributed by atoms with Gasteiger partial charge in [0.15, 0.2) is 6.10 Å². The minimum Gasteiger partial charge on any atom is -0.479 e. The van der Waals surface area contributed by atoms with Gasteiger partial charge in [-0.1, -0.05) is 29.3 Å². The molecule has 1 unspecified atom stereocenters. The lowest BCUT2D eigenvalue weighted by Crippen LogP contribution is -2.11. The molecule has 0 fully saturated rings. The summed E-state index contributed by atoms with van der Waals surface area (Å²) < 4.78 is 0. The van der Waals surface area contributed by atoms with Crippen molar-refractivity contribution in [1.82, 2.24) is 0 Å².